The van der Waals surface area contributed by atoms with E-state index in [1.54, 1.807) is 6.20 Å². The van der Waals surface area contributed by atoms with Crippen molar-refractivity contribution in [3.8, 4) is 0 Å². The summed E-state index contributed by atoms with van der Waals surface area (Å²) >= 11 is 0. The highest BCUT2D eigenvalue weighted by Gasteiger charge is 2.26. The molecule has 1 saturated heterocycles. The molecular weight excluding hydrogens is 422 g/mol. The predicted octanol–water partition coefficient (Wildman–Crippen LogP) is 4.52. The molecule has 34 heavy (non-hydrogen) atoms. The molecule has 6 heteroatoms. The van der Waals surface area contributed by atoms with E-state index in [9.17, 15) is 4.79 Å². The van der Waals surface area contributed by atoms with Crippen LogP contribution in [0.5, 0.6) is 0 Å². The number of piperazine rings is 1. The number of aromatic nitrogens is 3. The molecule has 174 valence electrons. The fourth-order valence-electron chi connectivity index (χ4n) is 4.79. The predicted molar refractivity (Wildman–Crippen MR) is 136 cm³/mol. The fourth-order valence-corrected chi connectivity index (χ4v) is 4.79. The first-order valence-electron chi connectivity index (χ1n) is 11.9. The third-order valence-electron chi connectivity index (χ3n) is 6.87. The van der Waals surface area contributed by atoms with E-state index in [0.717, 1.165) is 36.5 Å². The summed E-state index contributed by atoms with van der Waals surface area (Å²) in [6.07, 6.45) is 2.48. The number of carbonyl (C=O) groups is 1. The Labute approximate surface area is 200 Å². The van der Waals surface area contributed by atoms with Gasteiger partial charge < -0.3 is 9.80 Å². The van der Waals surface area contributed by atoms with Crippen LogP contribution in [0.25, 0.3) is 5.65 Å². The monoisotopic (exact) mass is 453 g/mol. The zero-order valence-electron chi connectivity index (χ0n) is 20.4. The van der Waals surface area contributed by atoms with Gasteiger partial charge in [-0.1, -0.05) is 42.0 Å². The first kappa shape index (κ1) is 22.1. The average molecular weight is 454 g/mol. The minimum atomic E-state index is 0.0106. The number of carbonyl (C=O) groups excluding carboxylic acids is 1. The number of hydrogen-bond donors (Lipinski definition) is 0. The van der Waals surface area contributed by atoms with Gasteiger partial charge in [0.2, 0.25) is 0 Å². The van der Waals surface area contributed by atoms with Crippen LogP contribution in [-0.2, 0) is 6.42 Å². The molecule has 0 unspecified atom stereocenters. The molecule has 4 aromatic rings. The Bertz CT molecular complexity index is 1350. The summed E-state index contributed by atoms with van der Waals surface area (Å²) in [6.45, 7) is 11.3. The lowest BCUT2D eigenvalue weighted by atomic mass is 10.0. The van der Waals surface area contributed by atoms with Gasteiger partial charge in [0.25, 0.3) is 5.91 Å². The van der Waals surface area contributed by atoms with Gasteiger partial charge in [0.1, 0.15) is 5.56 Å². The third kappa shape index (κ3) is 4.16. The molecule has 2 aromatic heterocycles. The molecule has 0 N–H and O–H groups in total. The van der Waals surface area contributed by atoms with Gasteiger partial charge in [-0.2, -0.15) is 5.10 Å². The van der Waals surface area contributed by atoms with Crippen LogP contribution in [-0.4, -0.2) is 51.6 Å². The van der Waals surface area contributed by atoms with Crippen LogP contribution in [0.2, 0.25) is 0 Å². The SMILES string of the molecule is Cc1ccc(Cc2c(C)nc3c(C(=O)N4CCN(c5cccc(C)c5)CC4)cnn3c2C)cc1. The average Bonchev–Trinajstić information content (AvgIpc) is 3.26. The highest BCUT2D eigenvalue weighted by molar-refractivity contribution is 5.99. The molecule has 0 atom stereocenters. The van der Waals surface area contributed by atoms with Gasteiger partial charge in [0.15, 0.2) is 5.65 Å². The molecule has 0 radical (unpaired) electrons. The Morgan fingerprint density at radius 1 is 0.912 bits per heavy atom. The van der Waals surface area contributed by atoms with E-state index >= 15 is 0 Å². The highest BCUT2D eigenvalue weighted by Crippen LogP contribution is 2.23. The van der Waals surface area contributed by atoms with Crippen molar-refractivity contribution >= 4 is 17.2 Å². The zero-order valence-corrected chi connectivity index (χ0v) is 20.4. The summed E-state index contributed by atoms with van der Waals surface area (Å²) < 4.78 is 1.83. The molecule has 2 aromatic carbocycles. The maximum absolute atomic E-state index is 13.4. The molecule has 3 heterocycles. The van der Waals surface area contributed by atoms with Crippen molar-refractivity contribution in [2.24, 2.45) is 0 Å². The number of fused-ring (bicyclic) bond motifs is 1. The smallest absolute Gasteiger partial charge is 0.259 e. The van der Waals surface area contributed by atoms with Crippen LogP contribution < -0.4 is 4.90 Å². The van der Waals surface area contributed by atoms with Gasteiger partial charge in [-0.15, -0.1) is 0 Å². The van der Waals surface area contributed by atoms with Crippen molar-refractivity contribution in [3.05, 3.63) is 93.9 Å². The summed E-state index contributed by atoms with van der Waals surface area (Å²) in [5.74, 6) is 0.0106. The second-order valence-electron chi connectivity index (χ2n) is 9.34. The van der Waals surface area contributed by atoms with Crippen molar-refractivity contribution in [2.75, 3.05) is 31.1 Å². The van der Waals surface area contributed by atoms with Crippen LogP contribution in [0.1, 0.15) is 44.0 Å². The second-order valence-corrected chi connectivity index (χ2v) is 9.34. The van der Waals surface area contributed by atoms with E-state index in [-0.39, 0.29) is 5.91 Å². The third-order valence-corrected chi connectivity index (χ3v) is 6.87. The lowest BCUT2D eigenvalue weighted by molar-refractivity contribution is 0.0748. The van der Waals surface area contributed by atoms with Crippen LogP contribution in [0.15, 0.2) is 54.7 Å². The summed E-state index contributed by atoms with van der Waals surface area (Å²) in [4.78, 5) is 22.5. The van der Waals surface area contributed by atoms with E-state index in [1.165, 1.54) is 22.4 Å². The molecule has 1 fully saturated rings. The number of rotatable bonds is 4. The maximum atomic E-state index is 13.4. The summed E-state index contributed by atoms with van der Waals surface area (Å²) in [7, 11) is 0. The van der Waals surface area contributed by atoms with Crippen molar-refractivity contribution in [1.29, 1.82) is 0 Å². The van der Waals surface area contributed by atoms with Gasteiger partial charge >= 0.3 is 0 Å². The van der Waals surface area contributed by atoms with Crippen LogP contribution in [0.3, 0.4) is 0 Å². The fraction of sp³-hybridized carbons (Fsp3) is 0.321. The molecule has 5 rings (SSSR count). The molecule has 0 aliphatic carbocycles. The van der Waals surface area contributed by atoms with Gasteiger partial charge in [-0.25, -0.2) is 9.50 Å². The van der Waals surface area contributed by atoms with E-state index in [0.29, 0.717) is 24.3 Å². The molecule has 1 aliphatic heterocycles. The van der Waals surface area contributed by atoms with E-state index in [4.69, 9.17) is 4.98 Å². The molecule has 6 nitrogen and oxygen atoms in total. The van der Waals surface area contributed by atoms with Crippen molar-refractivity contribution < 1.29 is 4.79 Å². The van der Waals surface area contributed by atoms with Crippen LogP contribution >= 0.6 is 0 Å². The van der Waals surface area contributed by atoms with Crippen molar-refractivity contribution in [2.45, 2.75) is 34.1 Å². The van der Waals surface area contributed by atoms with Gasteiger partial charge in [0, 0.05) is 49.7 Å². The van der Waals surface area contributed by atoms with Crippen LogP contribution in [0, 0.1) is 27.7 Å². The quantitative estimate of drug-likeness (QED) is 0.456. The van der Waals surface area contributed by atoms with Gasteiger partial charge in [0.05, 0.1) is 6.20 Å². The largest absolute Gasteiger partial charge is 0.368 e. The van der Waals surface area contributed by atoms with E-state index in [2.05, 4.69) is 79.3 Å². The Morgan fingerprint density at radius 2 is 1.65 bits per heavy atom. The first-order valence-corrected chi connectivity index (χ1v) is 11.9. The van der Waals surface area contributed by atoms with Gasteiger partial charge in [-0.05, 0) is 56.5 Å². The standard InChI is InChI=1S/C28H31N5O/c1-19-8-10-23(11-9-19)17-25-21(3)30-27-26(18-29-33(27)22(25)4)28(34)32-14-12-31(13-15-32)24-7-5-6-20(2)16-24/h5-11,16,18H,12-15,17H2,1-4H3. The number of amides is 1. The van der Waals surface area contributed by atoms with E-state index in [1.807, 2.05) is 16.3 Å². The number of benzene rings is 2. The Hall–Kier alpha value is -3.67. The Morgan fingerprint density at radius 3 is 2.35 bits per heavy atom. The summed E-state index contributed by atoms with van der Waals surface area (Å²) in [5, 5.41) is 4.56. The number of anilines is 1. The zero-order chi connectivity index (χ0) is 23.8. The minimum Gasteiger partial charge on any atom is -0.368 e. The molecule has 0 saturated carbocycles. The molecule has 0 spiro atoms. The van der Waals surface area contributed by atoms with E-state index < -0.39 is 0 Å². The summed E-state index contributed by atoms with van der Waals surface area (Å²) in [5.41, 5.74) is 9.33. The maximum Gasteiger partial charge on any atom is 0.259 e. The minimum absolute atomic E-state index is 0.0106. The highest BCUT2D eigenvalue weighted by atomic mass is 16.2. The number of aryl methyl sites for hydroxylation is 4. The topological polar surface area (TPSA) is 53.7 Å². The normalized spacial score (nSPS) is 14.1. The van der Waals surface area contributed by atoms with Crippen molar-refractivity contribution in [3.63, 3.8) is 0 Å². The van der Waals surface area contributed by atoms with Crippen molar-refractivity contribution in [1.82, 2.24) is 19.5 Å². The number of nitrogens with zero attached hydrogens (tertiary/aromatic N) is 5. The molecular formula is C28H31N5O. The van der Waals surface area contributed by atoms with Gasteiger partial charge in [-0.3, -0.25) is 4.79 Å². The van der Waals surface area contributed by atoms with Crippen LogP contribution in [0.4, 0.5) is 5.69 Å². The summed E-state index contributed by atoms with van der Waals surface area (Å²) in [6, 6.07) is 17.1. The second kappa shape index (κ2) is 8.93. The molecule has 1 amide bonds. The first-order chi connectivity index (χ1) is 16.4. The Balaban J connectivity index is 1.36. The lowest BCUT2D eigenvalue weighted by Gasteiger charge is -2.36. The Kier molecular flexibility index (Phi) is 5.82. The molecule has 0 bridgehead atoms. The number of hydrogen-bond acceptors (Lipinski definition) is 4. The lowest BCUT2D eigenvalue weighted by Crippen LogP contribution is -2.48. The molecule has 1 aliphatic rings.